The van der Waals surface area contributed by atoms with E-state index in [1.54, 1.807) is 30.5 Å². The first kappa shape index (κ1) is 15.4. The fraction of sp³-hybridized carbons (Fsp3) is 0.0769. The number of nitrogens with one attached hydrogen (secondary N) is 1. The van der Waals surface area contributed by atoms with Crippen LogP contribution >= 0.6 is 12.2 Å². The molecule has 0 aliphatic heterocycles. The van der Waals surface area contributed by atoms with Crippen LogP contribution in [0.25, 0.3) is 0 Å². The Morgan fingerprint density at radius 1 is 1.19 bits per heavy atom. The van der Waals surface area contributed by atoms with Gasteiger partial charge in [0.25, 0.3) is 0 Å². The molecule has 6 nitrogen and oxygen atoms in total. The average Bonchev–Trinajstić information content (AvgIpc) is 2.45. The first-order valence-corrected chi connectivity index (χ1v) is 7.93. The van der Waals surface area contributed by atoms with E-state index < -0.39 is 10.0 Å². The van der Waals surface area contributed by atoms with Crippen LogP contribution in [0.4, 0.5) is 5.82 Å². The maximum absolute atomic E-state index is 11.1. The standard InChI is InChI=1S/C13H14N4O2S2/c14-13(20)10-3-6-12(17-8-10)16-7-9-1-4-11(5-2-9)21(15,18)19/h1-6,8H,7H2,(H2,14,20)(H,16,17)(H2,15,18,19). The van der Waals surface area contributed by atoms with Crippen molar-refractivity contribution < 1.29 is 8.42 Å². The van der Waals surface area contributed by atoms with Crippen LogP contribution in [0.2, 0.25) is 0 Å². The number of pyridine rings is 1. The number of anilines is 1. The van der Waals surface area contributed by atoms with E-state index in [0.29, 0.717) is 22.9 Å². The summed E-state index contributed by atoms with van der Waals surface area (Å²) in [6.07, 6.45) is 1.59. The van der Waals surface area contributed by atoms with E-state index in [9.17, 15) is 8.42 Å². The van der Waals surface area contributed by atoms with E-state index in [0.717, 1.165) is 5.56 Å². The van der Waals surface area contributed by atoms with Crippen LogP contribution in [0.1, 0.15) is 11.1 Å². The lowest BCUT2D eigenvalue weighted by Crippen LogP contribution is -2.12. The van der Waals surface area contributed by atoms with Gasteiger partial charge in [0.15, 0.2) is 0 Å². The normalized spacial score (nSPS) is 11.1. The SMILES string of the molecule is NC(=S)c1ccc(NCc2ccc(S(N)(=O)=O)cc2)nc1. The summed E-state index contributed by atoms with van der Waals surface area (Å²) in [6, 6.07) is 9.87. The molecule has 0 aliphatic rings. The zero-order chi connectivity index (χ0) is 15.5. The molecule has 0 radical (unpaired) electrons. The molecule has 0 unspecified atom stereocenters. The molecule has 8 heteroatoms. The second-order valence-electron chi connectivity index (χ2n) is 4.34. The monoisotopic (exact) mass is 322 g/mol. The Labute approximate surface area is 128 Å². The van der Waals surface area contributed by atoms with Gasteiger partial charge in [-0.25, -0.2) is 18.5 Å². The highest BCUT2D eigenvalue weighted by Gasteiger charge is 2.06. The fourth-order valence-corrected chi connectivity index (χ4v) is 2.27. The van der Waals surface area contributed by atoms with Crippen LogP contribution in [0, 0.1) is 0 Å². The van der Waals surface area contributed by atoms with E-state index in [-0.39, 0.29) is 4.90 Å². The molecule has 110 valence electrons. The molecule has 0 amide bonds. The maximum Gasteiger partial charge on any atom is 0.238 e. The van der Waals surface area contributed by atoms with Gasteiger partial charge in [0.1, 0.15) is 10.8 Å². The molecule has 21 heavy (non-hydrogen) atoms. The third-order valence-corrected chi connectivity index (χ3v) is 3.94. The highest BCUT2D eigenvalue weighted by molar-refractivity contribution is 7.89. The first-order chi connectivity index (χ1) is 9.86. The second kappa shape index (κ2) is 6.17. The van der Waals surface area contributed by atoms with Crippen molar-refractivity contribution in [1.82, 2.24) is 4.98 Å². The van der Waals surface area contributed by atoms with Crippen LogP contribution < -0.4 is 16.2 Å². The van der Waals surface area contributed by atoms with E-state index in [1.807, 2.05) is 0 Å². The second-order valence-corrected chi connectivity index (χ2v) is 6.34. The zero-order valence-electron chi connectivity index (χ0n) is 11.0. The molecule has 1 aromatic heterocycles. The Bertz CT molecular complexity index is 741. The summed E-state index contributed by atoms with van der Waals surface area (Å²) in [5.41, 5.74) is 7.10. The number of nitrogens with zero attached hydrogens (tertiary/aromatic N) is 1. The number of sulfonamides is 1. The predicted octanol–water partition coefficient (Wildman–Crippen LogP) is 0.975. The molecule has 0 saturated heterocycles. The number of hydrogen-bond acceptors (Lipinski definition) is 5. The summed E-state index contributed by atoms with van der Waals surface area (Å²) in [5.74, 6) is 0.672. The van der Waals surface area contributed by atoms with Gasteiger partial charge in [0, 0.05) is 18.3 Å². The number of aromatic nitrogens is 1. The van der Waals surface area contributed by atoms with E-state index >= 15 is 0 Å². The van der Waals surface area contributed by atoms with E-state index in [4.69, 9.17) is 23.1 Å². The first-order valence-electron chi connectivity index (χ1n) is 5.98. The highest BCUT2D eigenvalue weighted by Crippen LogP contribution is 2.11. The van der Waals surface area contributed by atoms with Gasteiger partial charge >= 0.3 is 0 Å². The molecule has 0 saturated carbocycles. The van der Waals surface area contributed by atoms with Gasteiger partial charge in [-0.3, -0.25) is 0 Å². The Balaban J connectivity index is 2.01. The molecule has 0 atom stereocenters. The third kappa shape index (κ3) is 4.22. The van der Waals surface area contributed by atoms with Gasteiger partial charge in [-0.2, -0.15) is 0 Å². The average molecular weight is 322 g/mol. The summed E-state index contributed by atoms with van der Waals surface area (Å²) >= 11 is 4.85. The van der Waals surface area contributed by atoms with Crippen LogP contribution in [-0.4, -0.2) is 18.4 Å². The number of thiocarbonyl (C=S) groups is 1. The molecule has 1 heterocycles. The van der Waals surface area contributed by atoms with Crippen LogP contribution in [0.5, 0.6) is 0 Å². The Hall–Kier alpha value is -2.03. The minimum absolute atomic E-state index is 0.0881. The number of rotatable bonds is 5. The molecule has 2 aromatic rings. The number of benzene rings is 1. The lowest BCUT2D eigenvalue weighted by atomic mass is 10.2. The summed E-state index contributed by atoms with van der Waals surface area (Å²) in [6.45, 7) is 0.504. The molecule has 0 aliphatic carbocycles. The summed E-state index contributed by atoms with van der Waals surface area (Å²) in [5, 5.41) is 8.15. The minimum Gasteiger partial charge on any atom is -0.389 e. The van der Waals surface area contributed by atoms with Crippen molar-refractivity contribution in [2.24, 2.45) is 10.9 Å². The molecular weight excluding hydrogens is 308 g/mol. The summed E-state index contributed by atoms with van der Waals surface area (Å²) < 4.78 is 22.3. The predicted molar refractivity (Wildman–Crippen MR) is 85.3 cm³/mol. The van der Waals surface area contributed by atoms with Crippen LogP contribution in [0.15, 0.2) is 47.5 Å². The van der Waals surface area contributed by atoms with Crippen molar-refractivity contribution in [3.63, 3.8) is 0 Å². The molecule has 1 aromatic carbocycles. The van der Waals surface area contributed by atoms with Gasteiger partial charge in [0.2, 0.25) is 10.0 Å². The smallest absolute Gasteiger partial charge is 0.238 e. The molecule has 0 bridgehead atoms. The lowest BCUT2D eigenvalue weighted by molar-refractivity contribution is 0.598. The van der Waals surface area contributed by atoms with Crippen molar-refractivity contribution >= 4 is 33.0 Å². The lowest BCUT2D eigenvalue weighted by Gasteiger charge is -2.07. The molecule has 0 spiro atoms. The van der Waals surface area contributed by atoms with Crippen molar-refractivity contribution in [2.75, 3.05) is 5.32 Å². The minimum atomic E-state index is -3.66. The van der Waals surface area contributed by atoms with Crippen molar-refractivity contribution in [3.8, 4) is 0 Å². The maximum atomic E-state index is 11.1. The van der Waals surface area contributed by atoms with Crippen LogP contribution in [0.3, 0.4) is 0 Å². The molecular formula is C13H14N4O2S2. The van der Waals surface area contributed by atoms with Gasteiger partial charge < -0.3 is 11.1 Å². The largest absolute Gasteiger partial charge is 0.389 e. The van der Waals surface area contributed by atoms with E-state index in [1.165, 1.54) is 12.1 Å². The van der Waals surface area contributed by atoms with Gasteiger partial charge in [-0.15, -0.1) is 0 Å². The number of hydrogen-bond donors (Lipinski definition) is 3. The Morgan fingerprint density at radius 2 is 1.86 bits per heavy atom. The number of nitrogens with two attached hydrogens (primary N) is 2. The van der Waals surface area contributed by atoms with Gasteiger partial charge in [-0.05, 0) is 29.8 Å². The summed E-state index contributed by atoms with van der Waals surface area (Å²) in [4.78, 5) is 4.56. The molecule has 5 N–H and O–H groups in total. The van der Waals surface area contributed by atoms with Crippen molar-refractivity contribution in [3.05, 3.63) is 53.7 Å². The molecule has 0 fully saturated rings. The topological polar surface area (TPSA) is 111 Å². The third-order valence-electron chi connectivity index (χ3n) is 2.77. The Morgan fingerprint density at radius 3 is 2.33 bits per heavy atom. The number of primary sulfonamides is 1. The van der Waals surface area contributed by atoms with E-state index in [2.05, 4.69) is 10.3 Å². The van der Waals surface area contributed by atoms with Crippen LogP contribution in [-0.2, 0) is 16.6 Å². The fourth-order valence-electron chi connectivity index (χ4n) is 1.63. The Kier molecular flexibility index (Phi) is 4.51. The molecule has 2 rings (SSSR count). The summed E-state index contributed by atoms with van der Waals surface area (Å²) in [7, 11) is -3.66. The highest BCUT2D eigenvalue weighted by atomic mass is 32.2. The quantitative estimate of drug-likeness (QED) is 0.708. The van der Waals surface area contributed by atoms with Gasteiger partial charge in [-0.1, -0.05) is 24.4 Å². The van der Waals surface area contributed by atoms with Crippen molar-refractivity contribution in [2.45, 2.75) is 11.4 Å². The van der Waals surface area contributed by atoms with Gasteiger partial charge in [0.05, 0.1) is 4.90 Å². The zero-order valence-corrected chi connectivity index (χ0v) is 12.6. The van der Waals surface area contributed by atoms with Crippen molar-refractivity contribution in [1.29, 1.82) is 0 Å².